The molecule has 2 rings (SSSR count). The second kappa shape index (κ2) is 5.53. The van der Waals surface area contributed by atoms with Crippen molar-refractivity contribution in [2.24, 2.45) is 0 Å². The van der Waals surface area contributed by atoms with Gasteiger partial charge in [-0.05, 0) is 46.9 Å². The van der Waals surface area contributed by atoms with Crippen LogP contribution >= 0.6 is 0 Å². The van der Waals surface area contributed by atoms with Crippen molar-refractivity contribution in [3.05, 3.63) is 72.3 Å². The van der Waals surface area contributed by atoms with E-state index >= 15 is 0 Å². The molecule has 2 aromatic rings. The maximum Gasteiger partial charge on any atom is 0.335 e. The molecular formula is C17H16O2. The molecule has 0 heterocycles. The number of rotatable bonds is 5. The van der Waals surface area contributed by atoms with Crippen LogP contribution < -0.4 is 0 Å². The van der Waals surface area contributed by atoms with Crippen molar-refractivity contribution in [2.75, 3.05) is 0 Å². The largest absolute Gasteiger partial charge is 0.478 e. The summed E-state index contributed by atoms with van der Waals surface area (Å²) in [5.74, 6) is -0.895. The highest BCUT2D eigenvalue weighted by molar-refractivity contribution is 5.96. The molecule has 0 aliphatic carbocycles. The molecule has 0 atom stereocenters. The monoisotopic (exact) mass is 252 g/mol. The van der Waals surface area contributed by atoms with Crippen LogP contribution in [0, 0.1) is 0 Å². The van der Waals surface area contributed by atoms with E-state index in [0.717, 1.165) is 28.3 Å². The normalized spacial score (nSPS) is 10.3. The fourth-order valence-electron chi connectivity index (χ4n) is 2.21. The molecule has 0 aliphatic heterocycles. The van der Waals surface area contributed by atoms with Gasteiger partial charge in [0.1, 0.15) is 0 Å². The SMILES string of the molecule is C=CCc1ccc2cc(CC=C)c(C(=O)O)cc2c1. The molecule has 0 unspecified atom stereocenters. The summed E-state index contributed by atoms with van der Waals surface area (Å²) in [4.78, 5) is 11.3. The van der Waals surface area contributed by atoms with Crippen molar-refractivity contribution >= 4 is 16.7 Å². The van der Waals surface area contributed by atoms with Gasteiger partial charge >= 0.3 is 5.97 Å². The third-order valence-corrected chi connectivity index (χ3v) is 3.10. The summed E-state index contributed by atoms with van der Waals surface area (Å²) in [5.41, 5.74) is 2.28. The minimum Gasteiger partial charge on any atom is -0.478 e. The number of aromatic carboxylic acids is 1. The highest BCUT2D eigenvalue weighted by Gasteiger charge is 2.10. The van der Waals surface area contributed by atoms with Crippen LogP contribution in [0.5, 0.6) is 0 Å². The zero-order valence-corrected chi connectivity index (χ0v) is 10.7. The summed E-state index contributed by atoms with van der Waals surface area (Å²) in [6.45, 7) is 7.39. The van der Waals surface area contributed by atoms with Gasteiger partial charge < -0.3 is 5.11 Å². The van der Waals surface area contributed by atoms with Crippen molar-refractivity contribution in [1.29, 1.82) is 0 Å². The van der Waals surface area contributed by atoms with Gasteiger partial charge in [0.15, 0.2) is 0 Å². The third-order valence-electron chi connectivity index (χ3n) is 3.10. The Labute approximate surface area is 112 Å². The molecule has 0 aromatic heterocycles. The standard InChI is InChI=1S/C17H16O2/c1-3-5-12-7-8-13-10-14(6-4-2)16(17(18)19)11-15(13)9-12/h3-4,7-11H,1-2,5-6H2,(H,18,19). The van der Waals surface area contributed by atoms with Crippen LogP contribution in [-0.2, 0) is 12.8 Å². The van der Waals surface area contributed by atoms with Crippen molar-refractivity contribution in [1.82, 2.24) is 0 Å². The minimum atomic E-state index is -0.895. The van der Waals surface area contributed by atoms with E-state index in [-0.39, 0.29) is 0 Å². The summed E-state index contributed by atoms with van der Waals surface area (Å²) < 4.78 is 0. The van der Waals surface area contributed by atoms with Crippen LogP contribution in [-0.4, -0.2) is 11.1 Å². The molecule has 2 nitrogen and oxygen atoms in total. The number of allylic oxidation sites excluding steroid dienone is 2. The van der Waals surface area contributed by atoms with Gasteiger partial charge in [-0.15, -0.1) is 13.2 Å². The van der Waals surface area contributed by atoms with Gasteiger partial charge in [-0.3, -0.25) is 0 Å². The molecule has 19 heavy (non-hydrogen) atoms. The van der Waals surface area contributed by atoms with Gasteiger partial charge in [-0.2, -0.15) is 0 Å². The zero-order chi connectivity index (χ0) is 13.8. The summed E-state index contributed by atoms with van der Waals surface area (Å²) >= 11 is 0. The van der Waals surface area contributed by atoms with Gasteiger partial charge in [0.25, 0.3) is 0 Å². The van der Waals surface area contributed by atoms with E-state index < -0.39 is 5.97 Å². The highest BCUT2D eigenvalue weighted by Crippen LogP contribution is 2.23. The quantitative estimate of drug-likeness (QED) is 0.817. The summed E-state index contributed by atoms with van der Waals surface area (Å²) in [6.07, 6.45) is 4.91. The Hall–Kier alpha value is -2.35. The fraction of sp³-hybridized carbons (Fsp3) is 0.118. The summed E-state index contributed by atoms with van der Waals surface area (Å²) in [6, 6.07) is 9.75. The number of carboxylic acids is 1. The molecule has 2 heteroatoms. The minimum absolute atomic E-state index is 0.350. The maximum absolute atomic E-state index is 11.3. The van der Waals surface area contributed by atoms with Gasteiger partial charge in [0, 0.05) is 0 Å². The van der Waals surface area contributed by atoms with Crippen molar-refractivity contribution in [3.63, 3.8) is 0 Å². The molecule has 1 N–H and O–H groups in total. The number of fused-ring (bicyclic) bond motifs is 1. The fourth-order valence-corrected chi connectivity index (χ4v) is 2.21. The number of hydrogen-bond donors (Lipinski definition) is 1. The van der Waals surface area contributed by atoms with Crippen LogP contribution in [0.25, 0.3) is 10.8 Å². The van der Waals surface area contributed by atoms with E-state index in [1.165, 1.54) is 0 Å². The molecule has 0 fully saturated rings. The van der Waals surface area contributed by atoms with Crippen LogP contribution in [0.15, 0.2) is 55.6 Å². The first kappa shape index (κ1) is 13.1. The Morgan fingerprint density at radius 1 is 1.05 bits per heavy atom. The zero-order valence-electron chi connectivity index (χ0n) is 10.7. The lowest BCUT2D eigenvalue weighted by Gasteiger charge is -2.08. The maximum atomic E-state index is 11.3. The van der Waals surface area contributed by atoms with Gasteiger partial charge in [0.2, 0.25) is 0 Å². The first-order chi connectivity index (χ1) is 9.15. The molecule has 0 amide bonds. The topological polar surface area (TPSA) is 37.3 Å². The molecule has 0 saturated carbocycles. The van der Waals surface area contributed by atoms with E-state index in [4.69, 9.17) is 0 Å². The molecule has 96 valence electrons. The van der Waals surface area contributed by atoms with Crippen LogP contribution in [0.2, 0.25) is 0 Å². The lowest BCUT2D eigenvalue weighted by atomic mass is 9.97. The average molecular weight is 252 g/mol. The first-order valence-corrected chi connectivity index (χ1v) is 6.16. The van der Waals surface area contributed by atoms with Gasteiger partial charge in [-0.1, -0.05) is 30.4 Å². The Morgan fingerprint density at radius 2 is 1.79 bits per heavy atom. The molecule has 0 saturated heterocycles. The lowest BCUT2D eigenvalue weighted by Crippen LogP contribution is -2.02. The Morgan fingerprint density at radius 3 is 2.42 bits per heavy atom. The predicted molar refractivity (Wildman–Crippen MR) is 78.7 cm³/mol. The van der Waals surface area contributed by atoms with E-state index in [0.29, 0.717) is 12.0 Å². The summed E-state index contributed by atoms with van der Waals surface area (Å²) in [7, 11) is 0. The molecule has 2 aromatic carbocycles. The second-order valence-electron chi connectivity index (χ2n) is 4.48. The lowest BCUT2D eigenvalue weighted by molar-refractivity contribution is 0.0696. The van der Waals surface area contributed by atoms with Gasteiger partial charge in [0.05, 0.1) is 5.56 Å². The van der Waals surface area contributed by atoms with Crippen molar-refractivity contribution in [2.45, 2.75) is 12.8 Å². The van der Waals surface area contributed by atoms with E-state index in [9.17, 15) is 9.90 Å². The molecular weight excluding hydrogens is 236 g/mol. The van der Waals surface area contributed by atoms with Crippen LogP contribution in [0.1, 0.15) is 21.5 Å². The number of benzene rings is 2. The predicted octanol–water partition coefficient (Wildman–Crippen LogP) is 4.00. The second-order valence-corrected chi connectivity index (χ2v) is 4.48. The van der Waals surface area contributed by atoms with E-state index in [2.05, 4.69) is 13.2 Å². The number of carboxylic acid groups (broad SMARTS) is 1. The highest BCUT2D eigenvalue weighted by atomic mass is 16.4. The third kappa shape index (κ3) is 2.74. The molecule has 0 aliphatic rings. The Balaban J connectivity index is 2.62. The average Bonchev–Trinajstić information content (AvgIpc) is 2.38. The van der Waals surface area contributed by atoms with Crippen molar-refractivity contribution in [3.8, 4) is 0 Å². The number of carbonyl (C=O) groups is 1. The molecule has 0 bridgehead atoms. The molecule has 0 radical (unpaired) electrons. The van der Waals surface area contributed by atoms with Crippen LogP contribution in [0.4, 0.5) is 0 Å². The molecule has 0 spiro atoms. The van der Waals surface area contributed by atoms with E-state index in [1.54, 1.807) is 12.1 Å². The Kier molecular flexibility index (Phi) is 3.81. The smallest absolute Gasteiger partial charge is 0.335 e. The summed E-state index contributed by atoms with van der Waals surface area (Å²) in [5, 5.41) is 11.3. The van der Waals surface area contributed by atoms with Gasteiger partial charge in [-0.25, -0.2) is 4.79 Å². The Bertz CT molecular complexity index is 654. The van der Waals surface area contributed by atoms with Crippen LogP contribution in [0.3, 0.4) is 0 Å². The first-order valence-electron chi connectivity index (χ1n) is 6.16. The van der Waals surface area contributed by atoms with E-state index in [1.807, 2.05) is 30.3 Å². The number of hydrogen-bond acceptors (Lipinski definition) is 1. The van der Waals surface area contributed by atoms with Crippen molar-refractivity contribution < 1.29 is 9.90 Å².